The van der Waals surface area contributed by atoms with Crippen LogP contribution in [0.4, 0.5) is 10.5 Å². The van der Waals surface area contributed by atoms with Crippen molar-refractivity contribution < 1.29 is 13.2 Å². The number of carbonyl (C=O) groups excluding carboxylic acids is 1. The van der Waals surface area contributed by atoms with E-state index in [0.29, 0.717) is 31.1 Å². The van der Waals surface area contributed by atoms with Crippen LogP contribution in [0.2, 0.25) is 0 Å². The van der Waals surface area contributed by atoms with Crippen molar-refractivity contribution in [1.29, 1.82) is 0 Å². The molecular weight excluding hydrogens is 382 g/mol. The third-order valence-corrected chi connectivity index (χ3v) is 6.49. The Bertz CT molecular complexity index is 901. The molecule has 0 spiro atoms. The molecule has 1 aliphatic heterocycles. The van der Waals surface area contributed by atoms with Crippen molar-refractivity contribution in [3.63, 3.8) is 0 Å². The summed E-state index contributed by atoms with van der Waals surface area (Å²) in [5.74, 6) is 0.556. The molecule has 2 N–H and O–H groups in total. The molecule has 2 amide bonds. The fraction of sp³-hybridized carbons (Fsp3) is 0.471. The first kappa shape index (κ1) is 20.2. The molecule has 1 saturated heterocycles. The first-order valence-corrected chi connectivity index (χ1v) is 10.5. The van der Waals surface area contributed by atoms with Gasteiger partial charge >= 0.3 is 6.03 Å². The third kappa shape index (κ3) is 4.86. The maximum absolute atomic E-state index is 13.0. The molecule has 0 saturated carbocycles. The van der Waals surface area contributed by atoms with Crippen LogP contribution in [0.5, 0.6) is 0 Å². The van der Waals surface area contributed by atoms with Gasteiger partial charge in [0.05, 0.1) is 11.4 Å². The number of aromatic amines is 1. The number of aromatic nitrogens is 3. The zero-order chi connectivity index (χ0) is 20.1. The highest BCUT2D eigenvalue weighted by atomic mass is 32.2. The predicted octanol–water partition coefficient (Wildman–Crippen LogP) is 0.795. The van der Waals surface area contributed by atoms with Gasteiger partial charge in [0.2, 0.25) is 10.0 Å². The number of carbonyl (C=O) groups is 1. The summed E-state index contributed by atoms with van der Waals surface area (Å²) in [6.45, 7) is 2.77. The van der Waals surface area contributed by atoms with E-state index in [0.717, 1.165) is 13.0 Å². The van der Waals surface area contributed by atoms with E-state index in [2.05, 4.69) is 25.4 Å². The summed E-state index contributed by atoms with van der Waals surface area (Å²) in [4.78, 5) is 20.1. The number of nitrogens with one attached hydrogen (secondary N) is 2. The van der Waals surface area contributed by atoms with Crippen molar-refractivity contribution in [3.8, 4) is 0 Å². The van der Waals surface area contributed by atoms with Gasteiger partial charge < -0.3 is 15.1 Å². The lowest BCUT2D eigenvalue weighted by Gasteiger charge is -2.21. The lowest BCUT2D eigenvalue weighted by Crippen LogP contribution is -2.34. The highest BCUT2D eigenvalue weighted by Gasteiger charge is 2.26. The minimum Gasteiger partial charge on any atom is -0.320 e. The zero-order valence-corrected chi connectivity index (χ0v) is 16.8. The molecule has 152 valence electrons. The van der Waals surface area contributed by atoms with Gasteiger partial charge in [-0.05, 0) is 38.2 Å². The van der Waals surface area contributed by atoms with Gasteiger partial charge in [-0.3, -0.25) is 5.10 Å². The molecule has 10 nitrogen and oxygen atoms in total. The number of anilines is 1. The molecule has 2 heterocycles. The van der Waals surface area contributed by atoms with Crippen LogP contribution >= 0.6 is 0 Å². The van der Waals surface area contributed by atoms with E-state index in [1.807, 2.05) is 7.05 Å². The van der Waals surface area contributed by atoms with Crippen LogP contribution in [0, 0.1) is 0 Å². The van der Waals surface area contributed by atoms with E-state index in [4.69, 9.17) is 0 Å². The van der Waals surface area contributed by atoms with Crippen LogP contribution < -0.4 is 5.32 Å². The standard InChI is InChI=1S/C17H25N7O3S/c1-22-7-4-8-24(10-9-22)28(26,27)15-6-3-5-14(11-15)20-17(25)23(2)12-16-18-13-19-21-16/h3,5-6,11,13H,4,7-10,12H2,1-2H3,(H,20,25)(H,18,19,21). The first-order chi connectivity index (χ1) is 13.4. The number of hydrogen-bond donors (Lipinski definition) is 2. The Morgan fingerprint density at radius 2 is 2.11 bits per heavy atom. The highest BCUT2D eigenvalue weighted by molar-refractivity contribution is 7.89. The topological polar surface area (TPSA) is 115 Å². The summed E-state index contributed by atoms with van der Waals surface area (Å²) < 4.78 is 27.5. The number of sulfonamides is 1. The van der Waals surface area contributed by atoms with Gasteiger partial charge in [0.1, 0.15) is 12.2 Å². The number of rotatable bonds is 5. The SMILES string of the molecule is CN1CCCN(S(=O)(=O)c2cccc(NC(=O)N(C)Cc3ncn[nH]3)c2)CC1. The average molecular weight is 408 g/mol. The fourth-order valence-corrected chi connectivity index (χ4v) is 4.48. The molecule has 1 aromatic carbocycles. The van der Waals surface area contributed by atoms with Gasteiger partial charge in [-0.1, -0.05) is 6.07 Å². The van der Waals surface area contributed by atoms with Crippen molar-refractivity contribution in [3.05, 3.63) is 36.4 Å². The second kappa shape index (κ2) is 8.67. The van der Waals surface area contributed by atoms with Gasteiger partial charge in [0, 0.05) is 32.4 Å². The third-order valence-electron chi connectivity index (χ3n) is 4.60. The van der Waals surface area contributed by atoms with Crippen LogP contribution in [0.25, 0.3) is 0 Å². The summed E-state index contributed by atoms with van der Waals surface area (Å²) in [7, 11) is -0.00496. The number of hydrogen-bond acceptors (Lipinski definition) is 6. The Balaban J connectivity index is 1.70. The lowest BCUT2D eigenvalue weighted by molar-refractivity contribution is 0.219. The first-order valence-electron chi connectivity index (χ1n) is 9.01. The molecule has 0 bridgehead atoms. The molecule has 3 rings (SSSR count). The Morgan fingerprint density at radius 3 is 2.86 bits per heavy atom. The van der Waals surface area contributed by atoms with E-state index in [-0.39, 0.29) is 17.5 Å². The van der Waals surface area contributed by atoms with Gasteiger partial charge in [0.25, 0.3) is 0 Å². The smallest absolute Gasteiger partial charge is 0.320 e. The predicted molar refractivity (Wildman–Crippen MR) is 104 cm³/mol. The number of amides is 2. The largest absolute Gasteiger partial charge is 0.321 e. The van der Waals surface area contributed by atoms with Crippen LogP contribution in [0.1, 0.15) is 12.2 Å². The normalized spacial score (nSPS) is 16.5. The summed E-state index contributed by atoms with van der Waals surface area (Å²) in [6.07, 6.45) is 2.16. The molecule has 2 aromatic rings. The lowest BCUT2D eigenvalue weighted by atomic mass is 10.3. The Hall–Kier alpha value is -2.50. The number of H-pyrrole nitrogens is 1. The van der Waals surface area contributed by atoms with E-state index < -0.39 is 10.0 Å². The van der Waals surface area contributed by atoms with Crippen LogP contribution in [-0.4, -0.2) is 84.0 Å². The van der Waals surface area contributed by atoms with E-state index >= 15 is 0 Å². The van der Waals surface area contributed by atoms with Gasteiger partial charge in [-0.15, -0.1) is 0 Å². The summed E-state index contributed by atoms with van der Waals surface area (Å²) >= 11 is 0. The highest BCUT2D eigenvalue weighted by Crippen LogP contribution is 2.21. The Labute approximate surface area is 164 Å². The van der Waals surface area contributed by atoms with Gasteiger partial charge in [-0.25, -0.2) is 18.2 Å². The van der Waals surface area contributed by atoms with Gasteiger partial charge in [0.15, 0.2) is 0 Å². The molecule has 0 atom stereocenters. The maximum atomic E-state index is 13.0. The van der Waals surface area contributed by atoms with Crippen molar-refractivity contribution in [2.45, 2.75) is 17.9 Å². The summed E-state index contributed by atoms with van der Waals surface area (Å²) in [6, 6.07) is 5.96. The van der Waals surface area contributed by atoms with Gasteiger partial charge in [-0.2, -0.15) is 9.40 Å². The minimum absolute atomic E-state index is 0.174. The fourth-order valence-electron chi connectivity index (χ4n) is 2.97. The zero-order valence-electron chi connectivity index (χ0n) is 16.0. The number of urea groups is 1. The monoisotopic (exact) mass is 407 g/mol. The molecule has 1 aliphatic rings. The van der Waals surface area contributed by atoms with Crippen LogP contribution in [-0.2, 0) is 16.6 Å². The number of nitrogens with zero attached hydrogens (tertiary/aromatic N) is 5. The van der Waals surface area contributed by atoms with Crippen molar-refractivity contribution >= 4 is 21.7 Å². The molecular formula is C17H25N7O3S. The molecule has 0 aliphatic carbocycles. The number of likely N-dealkylation sites (N-methyl/N-ethyl adjacent to an activating group) is 1. The summed E-state index contributed by atoms with van der Waals surface area (Å²) in [5.41, 5.74) is 0.419. The second-order valence-corrected chi connectivity index (χ2v) is 8.75. The quantitative estimate of drug-likeness (QED) is 0.758. The maximum Gasteiger partial charge on any atom is 0.321 e. The van der Waals surface area contributed by atoms with Crippen molar-refractivity contribution in [2.75, 3.05) is 45.6 Å². The van der Waals surface area contributed by atoms with Crippen molar-refractivity contribution in [2.24, 2.45) is 0 Å². The van der Waals surface area contributed by atoms with Crippen LogP contribution in [0.15, 0.2) is 35.5 Å². The van der Waals surface area contributed by atoms with E-state index in [1.54, 1.807) is 25.2 Å². The molecule has 11 heteroatoms. The molecule has 1 aromatic heterocycles. The molecule has 28 heavy (non-hydrogen) atoms. The Morgan fingerprint density at radius 1 is 1.29 bits per heavy atom. The minimum atomic E-state index is -3.61. The Kier molecular flexibility index (Phi) is 6.27. The molecule has 1 fully saturated rings. The average Bonchev–Trinajstić information content (AvgIpc) is 3.07. The number of benzene rings is 1. The molecule has 0 unspecified atom stereocenters. The van der Waals surface area contributed by atoms with E-state index in [9.17, 15) is 13.2 Å². The molecule has 0 radical (unpaired) electrons. The van der Waals surface area contributed by atoms with Crippen LogP contribution in [0.3, 0.4) is 0 Å². The second-order valence-electron chi connectivity index (χ2n) is 6.81. The summed E-state index contributed by atoms with van der Waals surface area (Å²) in [5, 5.41) is 9.16. The van der Waals surface area contributed by atoms with E-state index in [1.165, 1.54) is 21.6 Å². The van der Waals surface area contributed by atoms with Crippen molar-refractivity contribution in [1.82, 2.24) is 29.3 Å².